The molecule has 0 atom stereocenters. The Morgan fingerprint density at radius 1 is 1.38 bits per heavy atom. The molecule has 16 heavy (non-hydrogen) atoms. The molecular formula is C13H16N2O. The highest BCUT2D eigenvalue weighted by Gasteiger charge is 2.05. The average Bonchev–Trinajstić information content (AvgIpc) is 2.81. The van der Waals surface area contributed by atoms with Gasteiger partial charge in [0.15, 0.2) is 0 Å². The second kappa shape index (κ2) is 5.35. The van der Waals surface area contributed by atoms with E-state index in [-0.39, 0.29) is 5.91 Å². The number of rotatable bonds is 3. The van der Waals surface area contributed by atoms with Crippen molar-refractivity contribution < 1.29 is 4.79 Å². The quantitative estimate of drug-likeness (QED) is 0.805. The molecule has 0 radical (unpaired) electrons. The Morgan fingerprint density at radius 2 is 2.19 bits per heavy atom. The number of benzene rings is 1. The van der Waals surface area contributed by atoms with Crippen LogP contribution in [0.15, 0.2) is 42.2 Å². The summed E-state index contributed by atoms with van der Waals surface area (Å²) in [5.74, 6) is 0.0346. The zero-order chi connectivity index (χ0) is 11.2. The maximum Gasteiger partial charge on any atom is 0.228 e. The van der Waals surface area contributed by atoms with Crippen LogP contribution >= 0.6 is 0 Å². The van der Waals surface area contributed by atoms with Gasteiger partial charge in [-0.1, -0.05) is 30.3 Å². The van der Waals surface area contributed by atoms with Crippen LogP contribution in [0.3, 0.4) is 0 Å². The van der Waals surface area contributed by atoms with Gasteiger partial charge < -0.3 is 10.6 Å². The fourth-order valence-electron chi connectivity index (χ4n) is 1.74. The standard InChI is InChI=1S/C13H16N2O/c16-13(9-11-5-2-1-3-6-11)15-10-12-7-4-8-14-12/h1-3,5-6,10,14H,4,7-9H2,(H,15,16)/b12-10+. The number of carbonyl (C=O) groups is 1. The zero-order valence-electron chi connectivity index (χ0n) is 9.20. The highest BCUT2D eigenvalue weighted by molar-refractivity contribution is 5.79. The van der Waals surface area contributed by atoms with Crippen LogP contribution in [0.2, 0.25) is 0 Å². The molecule has 1 aliphatic rings. The number of amides is 1. The molecule has 1 heterocycles. The lowest BCUT2D eigenvalue weighted by molar-refractivity contribution is -0.119. The molecule has 3 nitrogen and oxygen atoms in total. The van der Waals surface area contributed by atoms with Gasteiger partial charge in [-0.2, -0.15) is 0 Å². The van der Waals surface area contributed by atoms with Crippen LogP contribution in [-0.4, -0.2) is 12.5 Å². The molecule has 1 aromatic carbocycles. The Balaban J connectivity index is 1.82. The molecular weight excluding hydrogens is 200 g/mol. The summed E-state index contributed by atoms with van der Waals surface area (Å²) in [4.78, 5) is 11.6. The minimum atomic E-state index is 0.0346. The minimum absolute atomic E-state index is 0.0346. The third-order valence-corrected chi connectivity index (χ3v) is 2.59. The monoisotopic (exact) mass is 216 g/mol. The molecule has 1 aliphatic heterocycles. The van der Waals surface area contributed by atoms with Crippen molar-refractivity contribution in [2.24, 2.45) is 0 Å². The number of nitrogens with one attached hydrogen (secondary N) is 2. The predicted molar refractivity (Wildman–Crippen MR) is 63.6 cm³/mol. The maximum atomic E-state index is 11.6. The van der Waals surface area contributed by atoms with Gasteiger partial charge >= 0.3 is 0 Å². The van der Waals surface area contributed by atoms with Gasteiger partial charge in [-0.3, -0.25) is 4.79 Å². The van der Waals surface area contributed by atoms with E-state index in [0.29, 0.717) is 6.42 Å². The van der Waals surface area contributed by atoms with Gasteiger partial charge in [0.25, 0.3) is 0 Å². The van der Waals surface area contributed by atoms with Gasteiger partial charge in [-0.15, -0.1) is 0 Å². The molecule has 0 saturated carbocycles. The molecule has 84 valence electrons. The third kappa shape index (κ3) is 3.12. The smallest absolute Gasteiger partial charge is 0.228 e. The summed E-state index contributed by atoms with van der Waals surface area (Å²) >= 11 is 0. The van der Waals surface area contributed by atoms with E-state index in [4.69, 9.17) is 0 Å². The first-order valence-corrected chi connectivity index (χ1v) is 5.61. The third-order valence-electron chi connectivity index (χ3n) is 2.59. The molecule has 3 heteroatoms. The Morgan fingerprint density at radius 3 is 2.88 bits per heavy atom. The Hall–Kier alpha value is -1.77. The van der Waals surface area contributed by atoms with Crippen molar-refractivity contribution >= 4 is 5.91 Å². The van der Waals surface area contributed by atoms with Crippen molar-refractivity contribution in [3.63, 3.8) is 0 Å². The topological polar surface area (TPSA) is 41.1 Å². The van der Waals surface area contributed by atoms with Crippen LogP contribution in [0.5, 0.6) is 0 Å². The van der Waals surface area contributed by atoms with Gasteiger partial charge in [0.2, 0.25) is 5.91 Å². The van der Waals surface area contributed by atoms with Gasteiger partial charge in [-0.25, -0.2) is 0 Å². The van der Waals surface area contributed by atoms with Crippen LogP contribution in [0.25, 0.3) is 0 Å². The van der Waals surface area contributed by atoms with Crippen LogP contribution < -0.4 is 10.6 Å². The van der Waals surface area contributed by atoms with Gasteiger partial charge in [0.05, 0.1) is 6.42 Å². The first-order chi connectivity index (χ1) is 7.84. The van der Waals surface area contributed by atoms with Crippen molar-refractivity contribution in [1.29, 1.82) is 0 Å². The maximum absolute atomic E-state index is 11.6. The molecule has 1 fully saturated rings. The molecule has 0 aliphatic carbocycles. The number of hydrogen-bond acceptors (Lipinski definition) is 2. The molecule has 0 aromatic heterocycles. The molecule has 1 saturated heterocycles. The fourth-order valence-corrected chi connectivity index (χ4v) is 1.74. The van der Waals surface area contributed by atoms with Crippen molar-refractivity contribution in [2.75, 3.05) is 6.54 Å². The van der Waals surface area contributed by atoms with E-state index < -0.39 is 0 Å². The second-order valence-electron chi connectivity index (χ2n) is 3.93. The highest BCUT2D eigenvalue weighted by atomic mass is 16.1. The van der Waals surface area contributed by atoms with E-state index in [1.165, 1.54) is 0 Å². The summed E-state index contributed by atoms with van der Waals surface area (Å²) in [6.45, 7) is 1.01. The van der Waals surface area contributed by atoms with Crippen LogP contribution in [-0.2, 0) is 11.2 Å². The SMILES string of the molecule is O=C(Cc1ccccc1)N/C=C1\CCCN1. The average molecular weight is 216 g/mol. The summed E-state index contributed by atoms with van der Waals surface area (Å²) in [6.07, 6.45) is 4.41. The van der Waals surface area contributed by atoms with E-state index in [1.54, 1.807) is 6.20 Å². The molecule has 2 rings (SSSR count). The lowest BCUT2D eigenvalue weighted by Crippen LogP contribution is -2.21. The molecule has 0 unspecified atom stereocenters. The highest BCUT2D eigenvalue weighted by Crippen LogP contribution is 2.07. The Kier molecular flexibility index (Phi) is 3.59. The van der Waals surface area contributed by atoms with Crippen LogP contribution in [0.1, 0.15) is 18.4 Å². The first kappa shape index (κ1) is 10.7. The zero-order valence-corrected chi connectivity index (χ0v) is 9.20. The summed E-state index contributed by atoms with van der Waals surface area (Å²) in [6, 6.07) is 9.76. The van der Waals surface area contributed by atoms with E-state index in [1.807, 2.05) is 30.3 Å². The van der Waals surface area contributed by atoms with Gasteiger partial charge in [0.1, 0.15) is 0 Å². The van der Waals surface area contributed by atoms with Gasteiger partial charge in [0, 0.05) is 18.4 Å². The summed E-state index contributed by atoms with van der Waals surface area (Å²) in [7, 11) is 0. The lowest BCUT2D eigenvalue weighted by Gasteiger charge is -2.02. The first-order valence-electron chi connectivity index (χ1n) is 5.61. The fraction of sp³-hybridized carbons (Fsp3) is 0.308. The molecule has 1 aromatic rings. The number of hydrogen-bond donors (Lipinski definition) is 2. The normalized spacial score (nSPS) is 17.1. The van der Waals surface area contributed by atoms with E-state index in [2.05, 4.69) is 10.6 Å². The number of carbonyl (C=O) groups excluding carboxylic acids is 1. The molecule has 0 spiro atoms. The summed E-state index contributed by atoms with van der Waals surface area (Å²) in [5, 5.41) is 6.03. The van der Waals surface area contributed by atoms with Gasteiger partial charge in [-0.05, 0) is 18.4 Å². The molecule has 2 N–H and O–H groups in total. The lowest BCUT2D eigenvalue weighted by atomic mass is 10.1. The predicted octanol–water partition coefficient (Wildman–Crippen LogP) is 1.57. The van der Waals surface area contributed by atoms with Crippen LogP contribution in [0, 0.1) is 0 Å². The Bertz CT molecular complexity index is 376. The van der Waals surface area contributed by atoms with E-state index >= 15 is 0 Å². The molecule has 1 amide bonds. The van der Waals surface area contributed by atoms with Crippen molar-refractivity contribution in [3.05, 3.63) is 47.8 Å². The van der Waals surface area contributed by atoms with Crippen LogP contribution in [0.4, 0.5) is 0 Å². The van der Waals surface area contributed by atoms with E-state index in [0.717, 1.165) is 30.6 Å². The Labute approximate surface area is 95.6 Å². The summed E-state index contributed by atoms with van der Waals surface area (Å²) in [5.41, 5.74) is 2.17. The molecule has 0 bridgehead atoms. The minimum Gasteiger partial charge on any atom is -0.387 e. The second-order valence-corrected chi connectivity index (χ2v) is 3.93. The van der Waals surface area contributed by atoms with Crippen molar-refractivity contribution in [1.82, 2.24) is 10.6 Å². The van der Waals surface area contributed by atoms with Crippen molar-refractivity contribution in [3.8, 4) is 0 Å². The largest absolute Gasteiger partial charge is 0.387 e. The summed E-state index contributed by atoms with van der Waals surface area (Å²) < 4.78 is 0. The number of allylic oxidation sites excluding steroid dienone is 1. The van der Waals surface area contributed by atoms with Crippen molar-refractivity contribution in [2.45, 2.75) is 19.3 Å². The van der Waals surface area contributed by atoms with E-state index in [9.17, 15) is 4.79 Å².